The molecule has 2 aromatic carbocycles. The van der Waals surface area contributed by atoms with E-state index in [0.717, 1.165) is 22.5 Å². The molecule has 0 radical (unpaired) electrons. The van der Waals surface area contributed by atoms with E-state index in [1.54, 1.807) is 38.7 Å². The minimum atomic E-state index is -0.590. The van der Waals surface area contributed by atoms with Crippen molar-refractivity contribution in [1.29, 1.82) is 0 Å². The number of aryl methyl sites for hydroxylation is 2. The highest BCUT2D eigenvalue weighted by molar-refractivity contribution is 6.30. The summed E-state index contributed by atoms with van der Waals surface area (Å²) in [4.78, 5) is 43.6. The topological polar surface area (TPSA) is 115 Å². The summed E-state index contributed by atoms with van der Waals surface area (Å²) in [5.74, 6) is -0.690. The maximum Gasteiger partial charge on any atom is 0.410 e. The lowest BCUT2D eigenvalue weighted by Crippen LogP contribution is -2.40. The minimum absolute atomic E-state index is 0.161. The van der Waals surface area contributed by atoms with E-state index < -0.39 is 5.60 Å². The van der Waals surface area contributed by atoms with Crippen LogP contribution in [0.2, 0.25) is 5.02 Å². The van der Waals surface area contributed by atoms with Crippen LogP contribution in [0.15, 0.2) is 48.5 Å². The van der Waals surface area contributed by atoms with E-state index in [0.29, 0.717) is 41.5 Å². The number of carbonyl (C=O) groups excluding carboxylic acids is 3. The smallest absolute Gasteiger partial charge is 0.410 e. The van der Waals surface area contributed by atoms with Gasteiger partial charge >= 0.3 is 6.09 Å². The molecule has 4 heterocycles. The molecule has 3 amide bonds. The van der Waals surface area contributed by atoms with Crippen LogP contribution in [0.25, 0.3) is 5.69 Å². The van der Waals surface area contributed by atoms with E-state index in [9.17, 15) is 14.4 Å². The zero-order valence-corrected chi connectivity index (χ0v) is 26.1. The van der Waals surface area contributed by atoms with Gasteiger partial charge in [-0.05, 0) is 81.6 Å². The molecule has 6 rings (SSSR count). The van der Waals surface area contributed by atoms with E-state index in [4.69, 9.17) is 16.3 Å². The molecule has 12 heteroatoms. The number of nitrogens with zero attached hydrogens (tertiary/aromatic N) is 6. The lowest BCUT2D eigenvalue weighted by atomic mass is 9.99. The Kier molecular flexibility index (Phi) is 7.44. The van der Waals surface area contributed by atoms with Gasteiger partial charge in [-0.15, -0.1) is 0 Å². The predicted octanol–water partition coefficient (Wildman–Crippen LogP) is 4.95. The summed E-state index contributed by atoms with van der Waals surface area (Å²) in [7, 11) is 1.84. The summed E-state index contributed by atoms with van der Waals surface area (Å²) in [5, 5.41) is 12.5. The Morgan fingerprint density at radius 1 is 1.02 bits per heavy atom. The van der Waals surface area contributed by atoms with Crippen LogP contribution in [0, 0.1) is 6.92 Å². The monoisotopic (exact) mass is 615 g/mol. The fourth-order valence-electron chi connectivity index (χ4n) is 5.54. The Morgan fingerprint density at radius 2 is 1.82 bits per heavy atom. The number of anilines is 1. The van der Waals surface area contributed by atoms with Crippen molar-refractivity contribution in [2.45, 2.75) is 59.4 Å². The molecule has 0 aliphatic carbocycles. The van der Waals surface area contributed by atoms with Crippen molar-refractivity contribution in [3.8, 4) is 5.69 Å². The van der Waals surface area contributed by atoms with E-state index in [-0.39, 0.29) is 42.4 Å². The molecule has 0 atom stereocenters. The van der Waals surface area contributed by atoms with Crippen molar-refractivity contribution in [3.05, 3.63) is 93.0 Å². The summed E-state index contributed by atoms with van der Waals surface area (Å²) < 4.78 is 8.81. The molecule has 2 aromatic heterocycles. The molecule has 0 fully saturated rings. The third-order valence-corrected chi connectivity index (χ3v) is 8.01. The van der Waals surface area contributed by atoms with Crippen LogP contribution in [0.5, 0.6) is 0 Å². The van der Waals surface area contributed by atoms with Crippen LogP contribution in [0.1, 0.15) is 69.8 Å². The van der Waals surface area contributed by atoms with Crippen molar-refractivity contribution in [2.75, 3.05) is 11.4 Å². The highest BCUT2D eigenvalue weighted by Crippen LogP contribution is 2.34. The first kappa shape index (κ1) is 29.4. The molecular weight excluding hydrogens is 582 g/mol. The number of nitrogens with one attached hydrogen (secondary N) is 1. The molecule has 44 heavy (non-hydrogen) atoms. The summed E-state index contributed by atoms with van der Waals surface area (Å²) in [5.41, 5.74) is 5.40. The van der Waals surface area contributed by atoms with Crippen LogP contribution in [0.4, 0.5) is 10.5 Å². The zero-order valence-electron chi connectivity index (χ0n) is 25.3. The van der Waals surface area contributed by atoms with Gasteiger partial charge in [0.2, 0.25) is 0 Å². The third kappa shape index (κ3) is 5.67. The number of amides is 3. The molecule has 4 aromatic rings. The molecule has 0 saturated carbocycles. The van der Waals surface area contributed by atoms with Crippen molar-refractivity contribution in [2.24, 2.45) is 7.05 Å². The van der Waals surface area contributed by atoms with Crippen LogP contribution in [-0.2, 0) is 37.8 Å². The van der Waals surface area contributed by atoms with Gasteiger partial charge in [-0.2, -0.15) is 10.2 Å². The second-order valence-electron chi connectivity index (χ2n) is 12.1. The molecule has 0 saturated heterocycles. The first-order valence-corrected chi connectivity index (χ1v) is 14.8. The third-order valence-electron chi connectivity index (χ3n) is 7.78. The van der Waals surface area contributed by atoms with Gasteiger partial charge < -0.3 is 19.9 Å². The van der Waals surface area contributed by atoms with Gasteiger partial charge in [-0.25, -0.2) is 9.48 Å². The first-order chi connectivity index (χ1) is 20.9. The number of fused-ring (bicyclic) bond motifs is 2. The molecule has 0 unspecified atom stereocenters. The quantitative estimate of drug-likeness (QED) is 0.340. The van der Waals surface area contributed by atoms with Gasteiger partial charge in [0.15, 0.2) is 5.69 Å². The van der Waals surface area contributed by atoms with Gasteiger partial charge in [0.25, 0.3) is 11.8 Å². The number of halogens is 1. The predicted molar refractivity (Wildman–Crippen MR) is 165 cm³/mol. The van der Waals surface area contributed by atoms with Crippen molar-refractivity contribution in [3.63, 3.8) is 0 Å². The Hall–Kier alpha value is -4.64. The molecule has 228 valence electrons. The Balaban J connectivity index is 1.29. The summed E-state index contributed by atoms with van der Waals surface area (Å²) in [6, 6.07) is 14.7. The number of aromatic nitrogens is 4. The van der Waals surface area contributed by atoms with Crippen molar-refractivity contribution >= 4 is 35.2 Å². The normalized spacial score (nSPS) is 14.5. The molecule has 2 aliphatic heterocycles. The number of benzene rings is 2. The second kappa shape index (κ2) is 11.1. The molecular formula is C32H34ClN7O4. The fourth-order valence-corrected chi connectivity index (χ4v) is 5.72. The van der Waals surface area contributed by atoms with E-state index in [1.807, 2.05) is 59.0 Å². The molecule has 0 bridgehead atoms. The maximum absolute atomic E-state index is 13.8. The molecule has 11 nitrogen and oxygen atoms in total. The Morgan fingerprint density at radius 3 is 2.52 bits per heavy atom. The van der Waals surface area contributed by atoms with Crippen LogP contribution >= 0.6 is 11.6 Å². The fraction of sp³-hybridized carbons (Fsp3) is 0.344. The van der Waals surface area contributed by atoms with Crippen LogP contribution in [-0.4, -0.2) is 54.5 Å². The average Bonchev–Trinajstić information content (AvgIpc) is 3.61. The van der Waals surface area contributed by atoms with Gasteiger partial charge in [0.1, 0.15) is 11.3 Å². The highest BCUT2D eigenvalue weighted by atomic mass is 35.5. The number of hydrogen-bond acceptors (Lipinski definition) is 6. The number of carbonyl (C=O) groups is 3. The number of rotatable bonds is 5. The molecule has 0 spiro atoms. The van der Waals surface area contributed by atoms with Gasteiger partial charge in [0.05, 0.1) is 24.5 Å². The lowest BCUT2D eigenvalue weighted by molar-refractivity contribution is 0.0223. The largest absolute Gasteiger partial charge is 0.444 e. The Bertz CT molecular complexity index is 1780. The lowest BCUT2D eigenvalue weighted by Gasteiger charge is -2.31. The van der Waals surface area contributed by atoms with Crippen molar-refractivity contribution < 1.29 is 19.1 Å². The summed E-state index contributed by atoms with van der Waals surface area (Å²) in [6.45, 7) is 8.79. The minimum Gasteiger partial charge on any atom is -0.444 e. The SMILES string of the molecule is Cc1cc(CNC(=O)c2c3c(nn2-c2cccc(Cl)c2)C(=O)N(c2ccc4c(c2)CN(C(=O)OC(C)(C)C)CC4)C3)nn1C. The summed E-state index contributed by atoms with van der Waals surface area (Å²) >= 11 is 6.27. The van der Waals surface area contributed by atoms with E-state index in [2.05, 4.69) is 15.5 Å². The van der Waals surface area contributed by atoms with Crippen LogP contribution < -0.4 is 10.2 Å². The molecule has 2 aliphatic rings. The molecule has 1 N–H and O–H groups in total. The van der Waals surface area contributed by atoms with Gasteiger partial charge in [-0.1, -0.05) is 23.7 Å². The Labute approximate surface area is 260 Å². The summed E-state index contributed by atoms with van der Waals surface area (Å²) in [6.07, 6.45) is 0.326. The van der Waals surface area contributed by atoms with E-state index in [1.165, 1.54) is 4.68 Å². The van der Waals surface area contributed by atoms with Crippen LogP contribution in [0.3, 0.4) is 0 Å². The second-order valence-corrected chi connectivity index (χ2v) is 12.6. The standard InChI is InChI=1S/C32H34ClN7O4/c1-19-13-23(35-37(19)5)16-34-29(41)28-26-18-39(30(42)27(26)36-40(28)25-8-6-7-22(33)15-25)24-10-9-20-11-12-38(17-21(20)14-24)31(43)44-32(2,3)4/h6-10,13-15H,11-12,16-18H2,1-5H3,(H,34,41). The van der Waals surface area contributed by atoms with E-state index >= 15 is 0 Å². The average molecular weight is 616 g/mol. The first-order valence-electron chi connectivity index (χ1n) is 14.4. The number of ether oxygens (including phenoxy) is 1. The highest BCUT2D eigenvalue weighted by Gasteiger charge is 2.38. The van der Waals surface area contributed by atoms with Crippen molar-refractivity contribution in [1.82, 2.24) is 29.8 Å². The number of hydrogen-bond donors (Lipinski definition) is 1. The maximum atomic E-state index is 13.8. The van der Waals surface area contributed by atoms with Gasteiger partial charge in [0, 0.05) is 42.1 Å². The van der Waals surface area contributed by atoms with Gasteiger partial charge in [-0.3, -0.25) is 14.3 Å². The zero-order chi connectivity index (χ0) is 31.3.